The molecule has 8 heteroatoms. The van der Waals surface area contributed by atoms with E-state index in [1.54, 1.807) is 6.20 Å². The fourth-order valence-corrected chi connectivity index (χ4v) is 5.08. The van der Waals surface area contributed by atoms with Gasteiger partial charge < -0.3 is 15.2 Å². The summed E-state index contributed by atoms with van der Waals surface area (Å²) < 4.78 is 2.02. The molecule has 6 rings (SSSR count). The van der Waals surface area contributed by atoms with Crippen molar-refractivity contribution in [3.8, 4) is 0 Å². The predicted octanol–water partition coefficient (Wildman–Crippen LogP) is 3.62. The number of benzene rings is 1. The number of fused-ring (bicyclic) bond motifs is 2. The van der Waals surface area contributed by atoms with E-state index in [1.165, 1.54) is 18.2 Å². The molecule has 184 valence electrons. The topological polar surface area (TPSA) is 95.9 Å². The molecule has 3 aromatic heterocycles. The molecule has 4 aromatic rings. The molecule has 2 N–H and O–H groups in total. The third-order valence-electron chi connectivity index (χ3n) is 7.27. The van der Waals surface area contributed by atoms with E-state index < -0.39 is 0 Å². The summed E-state index contributed by atoms with van der Waals surface area (Å²) >= 11 is 0. The Hall–Kier alpha value is -3.94. The Morgan fingerprint density at radius 3 is 2.81 bits per heavy atom. The Morgan fingerprint density at radius 2 is 1.97 bits per heavy atom. The summed E-state index contributed by atoms with van der Waals surface area (Å²) in [4.78, 5) is 35.8. The third kappa shape index (κ3) is 4.63. The first-order valence-corrected chi connectivity index (χ1v) is 12.7. The molecule has 1 aromatic carbocycles. The van der Waals surface area contributed by atoms with Crippen molar-refractivity contribution in [1.82, 2.24) is 30.0 Å². The van der Waals surface area contributed by atoms with Gasteiger partial charge in [0, 0.05) is 67.0 Å². The fourth-order valence-electron chi connectivity index (χ4n) is 5.08. The van der Waals surface area contributed by atoms with Crippen LogP contribution >= 0.6 is 0 Å². The molecule has 1 saturated carbocycles. The highest BCUT2D eigenvalue weighted by molar-refractivity contribution is 5.94. The number of hydrogen-bond acceptors (Lipinski definition) is 4. The molecule has 0 spiro atoms. The number of nitrogens with zero attached hydrogens (tertiary/aromatic N) is 4. The van der Waals surface area contributed by atoms with Crippen molar-refractivity contribution in [2.75, 3.05) is 6.54 Å². The number of pyridine rings is 1. The number of H-pyrrole nitrogens is 1. The molecule has 2 aliphatic rings. The zero-order chi connectivity index (χ0) is 24.5. The SMILES string of the molecule is O=C(NCc1ccccn1)c1nn(CC2CC2)c2c1CN(C(=O)CCc1c[nH]c3ccccc13)CC2. The molecule has 2 amide bonds. The van der Waals surface area contributed by atoms with Crippen LogP contribution in [0.4, 0.5) is 0 Å². The maximum Gasteiger partial charge on any atom is 0.272 e. The number of aromatic nitrogens is 4. The second-order valence-electron chi connectivity index (χ2n) is 9.83. The predicted molar refractivity (Wildman–Crippen MR) is 136 cm³/mol. The van der Waals surface area contributed by atoms with Gasteiger partial charge in [-0.15, -0.1) is 0 Å². The van der Waals surface area contributed by atoms with Gasteiger partial charge in [0.05, 0.1) is 12.2 Å². The van der Waals surface area contributed by atoms with Gasteiger partial charge in [-0.05, 0) is 48.9 Å². The van der Waals surface area contributed by atoms with Crippen LogP contribution in [0.15, 0.2) is 54.9 Å². The molecule has 0 atom stereocenters. The number of hydrogen-bond donors (Lipinski definition) is 2. The highest BCUT2D eigenvalue weighted by atomic mass is 16.2. The second-order valence-corrected chi connectivity index (χ2v) is 9.83. The van der Waals surface area contributed by atoms with Crippen molar-refractivity contribution in [3.63, 3.8) is 0 Å². The summed E-state index contributed by atoms with van der Waals surface area (Å²) in [5, 5.41) is 8.88. The summed E-state index contributed by atoms with van der Waals surface area (Å²) in [6, 6.07) is 13.8. The summed E-state index contributed by atoms with van der Waals surface area (Å²) in [5.74, 6) is 0.550. The minimum Gasteiger partial charge on any atom is -0.361 e. The van der Waals surface area contributed by atoms with E-state index in [0.717, 1.165) is 41.0 Å². The Kier molecular flexibility index (Phi) is 6.01. The molecule has 1 aliphatic carbocycles. The van der Waals surface area contributed by atoms with Crippen molar-refractivity contribution in [1.29, 1.82) is 0 Å². The summed E-state index contributed by atoms with van der Waals surface area (Å²) in [7, 11) is 0. The van der Waals surface area contributed by atoms with Crippen LogP contribution in [0.3, 0.4) is 0 Å². The zero-order valence-corrected chi connectivity index (χ0v) is 20.2. The van der Waals surface area contributed by atoms with E-state index in [0.29, 0.717) is 44.1 Å². The molecule has 1 aliphatic heterocycles. The van der Waals surface area contributed by atoms with Crippen molar-refractivity contribution in [2.45, 2.75) is 51.7 Å². The minimum atomic E-state index is -0.209. The average Bonchev–Trinajstić information content (AvgIpc) is 3.53. The highest BCUT2D eigenvalue weighted by Gasteiger charge is 2.32. The average molecular weight is 483 g/mol. The third-order valence-corrected chi connectivity index (χ3v) is 7.27. The van der Waals surface area contributed by atoms with Gasteiger partial charge in [0.25, 0.3) is 5.91 Å². The van der Waals surface area contributed by atoms with Crippen molar-refractivity contribution in [2.24, 2.45) is 5.92 Å². The zero-order valence-electron chi connectivity index (χ0n) is 20.2. The first-order chi connectivity index (χ1) is 17.7. The van der Waals surface area contributed by atoms with Gasteiger partial charge in [-0.3, -0.25) is 19.3 Å². The lowest BCUT2D eigenvalue weighted by Gasteiger charge is -2.28. The molecule has 8 nitrogen and oxygen atoms in total. The number of carbonyl (C=O) groups excluding carboxylic acids is 2. The lowest BCUT2D eigenvalue weighted by molar-refractivity contribution is -0.132. The number of aryl methyl sites for hydroxylation is 1. The monoisotopic (exact) mass is 482 g/mol. The normalized spacial score (nSPS) is 15.2. The van der Waals surface area contributed by atoms with Crippen LogP contribution < -0.4 is 5.32 Å². The number of rotatable bonds is 8. The fraction of sp³-hybridized carbons (Fsp3) is 0.357. The van der Waals surface area contributed by atoms with E-state index >= 15 is 0 Å². The molecule has 36 heavy (non-hydrogen) atoms. The van der Waals surface area contributed by atoms with Gasteiger partial charge in [0.2, 0.25) is 5.91 Å². The molecule has 0 radical (unpaired) electrons. The van der Waals surface area contributed by atoms with Crippen molar-refractivity contribution >= 4 is 22.7 Å². The van der Waals surface area contributed by atoms with Crippen LogP contribution in [0.1, 0.15) is 52.3 Å². The number of amides is 2. The van der Waals surface area contributed by atoms with Crippen LogP contribution in [0.25, 0.3) is 10.9 Å². The van der Waals surface area contributed by atoms with E-state index in [2.05, 4.69) is 21.4 Å². The molecule has 0 unspecified atom stereocenters. The maximum atomic E-state index is 13.2. The lowest BCUT2D eigenvalue weighted by atomic mass is 10.0. The van der Waals surface area contributed by atoms with Gasteiger partial charge in [-0.25, -0.2) is 0 Å². The molecular formula is C28H30N6O2. The summed E-state index contributed by atoms with van der Waals surface area (Å²) in [6.45, 7) is 2.28. The Bertz CT molecular complexity index is 1400. The van der Waals surface area contributed by atoms with Gasteiger partial charge in [0.1, 0.15) is 0 Å². The first-order valence-electron chi connectivity index (χ1n) is 12.7. The van der Waals surface area contributed by atoms with Crippen LogP contribution in [0.5, 0.6) is 0 Å². The van der Waals surface area contributed by atoms with Crippen LogP contribution in [0, 0.1) is 5.92 Å². The first kappa shape index (κ1) is 22.5. The van der Waals surface area contributed by atoms with Gasteiger partial charge in [-0.1, -0.05) is 24.3 Å². The lowest BCUT2D eigenvalue weighted by Crippen LogP contribution is -2.37. The molecule has 0 bridgehead atoms. The van der Waals surface area contributed by atoms with Gasteiger partial charge >= 0.3 is 0 Å². The standard InChI is InChI=1S/C28H30N6O2/c35-26(11-10-20-15-30-24-7-2-1-6-22(20)24)33-14-12-25-23(18-33)27(32-34(25)17-19-8-9-19)28(36)31-16-21-5-3-4-13-29-21/h1-7,13,15,19,30H,8-12,14,16-18H2,(H,31,36). The van der Waals surface area contributed by atoms with E-state index in [9.17, 15) is 9.59 Å². The van der Waals surface area contributed by atoms with E-state index in [1.807, 2.05) is 52.2 Å². The molecule has 4 heterocycles. The van der Waals surface area contributed by atoms with Crippen molar-refractivity contribution < 1.29 is 9.59 Å². The number of carbonyl (C=O) groups is 2. The minimum absolute atomic E-state index is 0.112. The van der Waals surface area contributed by atoms with Crippen LogP contribution in [-0.4, -0.2) is 43.0 Å². The Morgan fingerprint density at radius 1 is 1.11 bits per heavy atom. The maximum absolute atomic E-state index is 13.2. The quantitative estimate of drug-likeness (QED) is 0.401. The smallest absolute Gasteiger partial charge is 0.272 e. The van der Waals surface area contributed by atoms with E-state index in [-0.39, 0.29) is 11.8 Å². The van der Waals surface area contributed by atoms with Gasteiger partial charge in [-0.2, -0.15) is 5.10 Å². The molecule has 1 fully saturated rings. The number of nitrogens with one attached hydrogen (secondary N) is 2. The molecular weight excluding hydrogens is 452 g/mol. The van der Waals surface area contributed by atoms with Gasteiger partial charge in [0.15, 0.2) is 5.69 Å². The van der Waals surface area contributed by atoms with E-state index in [4.69, 9.17) is 5.10 Å². The largest absolute Gasteiger partial charge is 0.361 e. The number of aromatic amines is 1. The Balaban J connectivity index is 1.17. The summed E-state index contributed by atoms with van der Waals surface area (Å²) in [5.41, 5.74) is 5.48. The molecule has 0 saturated heterocycles. The Labute approximate surface area is 209 Å². The number of para-hydroxylation sites is 1. The van der Waals surface area contributed by atoms with Crippen molar-refractivity contribution in [3.05, 3.63) is 83.1 Å². The van der Waals surface area contributed by atoms with Crippen LogP contribution in [-0.2, 0) is 37.3 Å². The summed E-state index contributed by atoms with van der Waals surface area (Å²) in [6.07, 6.45) is 7.99. The van der Waals surface area contributed by atoms with Crippen LogP contribution in [0.2, 0.25) is 0 Å². The highest BCUT2D eigenvalue weighted by Crippen LogP contribution is 2.33. The second kappa shape index (κ2) is 9.60.